The third-order valence-electron chi connectivity index (χ3n) is 1.30. The van der Waals surface area contributed by atoms with Gasteiger partial charge in [0, 0.05) is 9.50 Å². The summed E-state index contributed by atoms with van der Waals surface area (Å²) in [6.45, 7) is 0. The summed E-state index contributed by atoms with van der Waals surface area (Å²) in [6.07, 6.45) is 0. The monoisotopic (exact) mass is 262 g/mol. The van der Waals surface area contributed by atoms with Crippen LogP contribution in [-0.2, 0) is 0 Å². The molecule has 6 heteroatoms. The Morgan fingerprint density at radius 2 is 2.23 bits per heavy atom. The summed E-state index contributed by atoms with van der Waals surface area (Å²) >= 11 is 9.03. The zero-order valence-corrected chi connectivity index (χ0v) is 8.93. The van der Waals surface area contributed by atoms with Crippen LogP contribution in [0, 0.1) is 0 Å². The molecule has 0 spiro atoms. The molecule has 0 aliphatic rings. The van der Waals surface area contributed by atoms with Crippen LogP contribution in [0.3, 0.4) is 0 Å². The molecule has 0 unspecified atom stereocenters. The molecule has 0 aromatic heterocycles. The maximum absolute atomic E-state index is 5.74. The Morgan fingerprint density at radius 1 is 1.54 bits per heavy atom. The van der Waals surface area contributed by atoms with E-state index in [9.17, 15) is 0 Å². The van der Waals surface area contributed by atoms with Crippen molar-refractivity contribution in [3.05, 3.63) is 27.7 Å². The highest BCUT2D eigenvalue weighted by molar-refractivity contribution is 9.10. The number of guanidine groups is 1. The summed E-state index contributed by atoms with van der Waals surface area (Å²) in [7, 11) is 0. The van der Waals surface area contributed by atoms with Gasteiger partial charge in [0.2, 0.25) is 5.96 Å². The molecule has 1 rings (SSSR count). The second-order valence-electron chi connectivity index (χ2n) is 2.24. The number of aliphatic imine (C=N–C) groups is 1. The molecule has 0 fully saturated rings. The standard InChI is InChI=1S/C7H8BrClN4/c8-5-3-4(9)1-2-6(5)12-7(10)13-11/h1-3H,11H2,(H3,10,12,13). The Balaban J connectivity index is 3.03. The second kappa shape index (κ2) is 4.45. The first-order valence-electron chi connectivity index (χ1n) is 3.39. The summed E-state index contributed by atoms with van der Waals surface area (Å²) in [5.74, 6) is 5.19. The molecule has 0 radical (unpaired) electrons. The summed E-state index contributed by atoms with van der Waals surface area (Å²) < 4.78 is 0.762. The largest absolute Gasteiger partial charge is 0.369 e. The summed E-state index contributed by atoms with van der Waals surface area (Å²) in [5, 5.41) is 0.630. The molecule has 0 aliphatic carbocycles. The number of nitrogens with one attached hydrogen (secondary N) is 1. The zero-order valence-electron chi connectivity index (χ0n) is 6.59. The molecular weight excluding hydrogens is 255 g/mol. The summed E-state index contributed by atoms with van der Waals surface area (Å²) in [5.41, 5.74) is 8.27. The van der Waals surface area contributed by atoms with Crippen molar-refractivity contribution in [3.8, 4) is 0 Å². The number of nitrogens with zero attached hydrogens (tertiary/aromatic N) is 1. The molecule has 0 heterocycles. The molecule has 5 N–H and O–H groups in total. The van der Waals surface area contributed by atoms with Crippen molar-refractivity contribution in [2.45, 2.75) is 0 Å². The molecule has 1 aromatic carbocycles. The van der Waals surface area contributed by atoms with Crippen LogP contribution in [0.5, 0.6) is 0 Å². The Morgan fingerprint density at radius 3 is 2.77 bits per heavy atom. The Labute approximate surface area is 89.1 Å². The number of benzene rings is 1. The molecule has 1 aromatic rings. The van der Waals surface area contributed by atoms with E-state index in [1.165, 1.54) is 0 Å². The van der Waals surface area contributed by atoms with E-state index in [1.807, 2.05) is 0 Å². The van der Waals surface area contributed by atoms with Gasteiger partial charge in [-0.2, -0.15) is 0 Å². The third kappa shape index (κ3) is 2.87. The Hall–Kier alpha value is -0.780. The van der Waals surface area contributed by atoms with E-state index in [4.69, 9.17) is 23.2 Å². The Bertz CT molecular complexity index is 339. The van der Waals surface area contributed by atoms with E-state index in [0.29, 0.717) is 10.7 Å². The van der Waals surface area contributed by atoms with Crippen molar-refractivity contribution < 1.29 is 0 Å². The molecule has 0 saturated carbocycles. The number of halogens is 2. The fourth-order valence-electron chi connectivity index (χ4n) is 0.734. The van der Waals surface area contributed by atoms with Crippen molar-refractivity contribution in [1.82, 2.24) is 5.43 Å². The van der Waals surface area contributed by atoms with Gasteiger partial charge in [0.05, 0.1) is 5.69 Å². The lowest BCUT2D eigenvalue weighted by Crippen LogP contribution is -2.36. The first-order chi connectivity index (χ1) is 6.13. The van der Waals surface area contributed by atoms with Crippen LogP contribution in [0.2, 0.25) is 5.02 Å². The zero-order chi connectivity index (χ0) is 9.84. The van der Waals surface area contributed by atoms with Crippen molar-refractivity contribution in [3.63, 3.8) is 0 Å². The van der Waals surface area contributed by atoms with Crippen LogP contribution in [-0.4, -0.2) is 5.96 Å². The van der Waals surface area contributed by atoms with Crippen LogP contribution in [0.1, 0.15) is 0 Å². The third-order valence-corrected chi connectivity index (χ3v) is 2.17. The average Bonchev–Trinajstić information content (AvgIpc) is 2.09. The SMILES string of the molecule is NNC(N)=Nc1ccc(Cl)cc1Br. The van der Waals surface area contributed by atoms with Crippen molar-refractivity contribution in [2.24, 2.45) is 16.6 Å². The minimum Gasteiger partial charge on any atom is -0.369 e. The minimum atomic E-state index is 0.142. The minimum absolute atomic E-state index is 0.142. The predicted octanol–water partition coefficient (Wildman–Crippen LogP) is 1.51. The number of rotatable bonds is 1. The smallest absolute Gasteiger partial charge is 0.208 e. The van der Waals surface area contributed by atoms with Crippen molar-refractivity contribution >= 4 is 39.2 Å². The first-order valence-corrected chi connectivity index (χ1v) is 4.56. The van der Waals surface area contributed by atoms with Gasteiger partial charge in [-0.3, -0.25) is 5.43 Å². The first kappa shape index (κ1) is 10.3. The van der Waals surface area contributed by atoms with Gasteiger partial charge in [0.25, 0.3) is 0 Å². The molecule has 4 nitrogen and oxygen atoms in total. The van der Waals surface area contributed by atoms with Crippen molar-refractivity contribution in [1.29, 1.82) is 0 Å². The highest BCUT2D eigenvalue weighted by atomic mass is 79.9. The van der Waals surface area contributed by atoms with Gasteiger partial charge >= 0.3 is 0 Å². The maximum Gasteiger partial charge on any atom is 0.208 e. The topological polar surface area (TPSA) is 76.4 Å². The predicted molar refractivity (Wildman–Crippen MR) is 57.8 cm³/mol. The molecule has 0 saturated heterocycles. The van der Waals surface area contributed by atoms with Gasteiger partial charge in [-0.25, -0.2) is 10.8 Å². The van der Waals surface area contributed by atoms with Crippen LogP contribution >= 0.6 is 27.5 Å². The lowest BCUT2D eigenvalue weighted by atomic mass is 10.3. The van der Waals surface area contributed by atoms with E-state index in [0.717, 1.165) is 4.47 Å². The fourth-order valence-corrected chi connectivity index (χ4v) is 1.51. The van der Waals surface area contributed by atoms with Gasteiger partial charge < -0.3 is 5.73 Å². The van der Waals surface area contributed by atoms with Gasteiger partial charge in [-0.05, 0) is 34.1 Å². The van der Waals surface area contributed by atoms with Crippen LogP contribution < -0.4 is 17.0 Å². The molecular formula is C7H8BrClN4. The van der Waals surface area contributed by atoms with E-state index < -0.39 is 0 Å². The molecule has 13 heavy (non-hydrogen) atoms. The van der Waals surface area contributed by atoms with E-state index >= 15 is 0 Å². The number of nitrogens with two attached hydrogens (primary N) is 2. The van der Waals surface area contributed by atoms with Crippen LogP contribution in [0.15, 0.2) is 27.7 Å². The number of hydrazine groups is 1. The maximum atomic E-state index is 5.74. The molecule has 0 bridgehead atoms. The fraction of sp³-hybridized carbons (Fsp3) is 0. The van der Waals surface area contributed by atoms with Crippen LogP contribution in [0.25, 0.3) is 0 Å². The van der Waals surface area contributed by atoms with Crippen molar-refractivity contribution in [2.75, 3.05) is 0 Å². The molecule has 70 valence electrons. The Kier molecular flexibility index (Phi) is 3.53. The van der Waals surface area contributed by atoms with E-state index in [2.05, 4.69) is 26.3 Å². The van der Waals surface area contributed by atoms with Gasteiger partial charge in [-0.15, -0.1) is 0 Å². The van der Waals surface area contributed by atoms with E-state index in [-0.39, 0.29) is 5.96 Å². The number of hydrogen-bond acceptors (Lipinski definition) is 2. The normalized spacial score (nSPS) is 11.5. The highest BCUT2D eigenvalue weighted by Crippen LogP contribution is 2.27. The second-order valence-corrected chi connectivity index (χ2v) is 3.53. The van der Waals surface area contributed by atoms with Gasteiger partial charge in [0.15, 0.2) is 0 Å². The molecule has 0 amide bonds. The highest BCUT2D eigenvalue weighted by Gasteiger charge is 1.99. The van der Waals surface area contributed by atoms with Crippen LogP contribution in [0.4, 0.5) is 5.69 Å². The lowest BCUT2D eigenvalue weighted by Gasteiger charge is -2.01. The average molecular weight is 264 g/mol. The number of hydrogen-bond donors (Lipinski definition) is 3. The molecule has 0 aliphatic heterocycles. The van der Waals surface area contributed by atoms with E-state index in [1.54, 1.807) is 18.2 Å². The quantitative estimate of drug-likeness (QED) is 0.311. The summed E-state index contributed by atoms with van der Waals surface area (Å²) in [6, 6.07) is 5.18. The molecule has 0 atom stereocenters. The van der Waals surface area contributed by atoms with Gasteiger partial charge in [-0.1, -0.05) is 11.6 Å². The summed E-state index contributed by atoms with van der Waals surface area (Å²) in [4.78, 5) is 3.97. The lowest BCUT2D eigenvalue weighted by molar-refractivity contribution is 1.01. The van der Waals surface area contributed by atoms with Gasteiger partial charge in [0.1, 0.15) is 0 Å².